The maximum Gasteiger partial charge on any atom is 0.233 e. The number of likely N-dealkylation sites (tertiary alicyclic amines) is 1. The quantitative estimate of drug-likeness (QED) is 0.318. The molecule has 3 rings (SSSR count). The molecule has 2 aromatic carbocycles. The monoisotopic (exact) mass is 393 g/mol. The zero-order valence-corrected chi connectivity index (χ0v) is 15.5. The van der Waals surface area contributed by atoms with Gasteiger partial charge in [-0.25, -0.2) is 5.06 Å². The number of carbonyl (C=O) groups is 3. The van der Waals surface area contributed by atoms with Crippen molar-refractivity contribution < 1.29 is 24.3 Å². The van der Waals surface area contributed by atoms with Gasteiger partial charge in [-0.1, -0.05) is 24.3 Å². The lowest BCUT2D eigenvalue weighted by molar-refractivity contribution is -0.167. The summed E-state index contributed by atoms with van der Waals surface area (Å²) in [5.41, 5.74) is 2.46. The molecule has 3 amide bonds. The number of carbonyl (C=O) groups excluding carboxylic acids is 3. The third-order valence-electron chi connectivity index (χ3n) is 4.67. The van der Waals surface area contributed by atoms with Crippen LogP contribution < -0.4 is 4.74 Å². The molecule has 1 heterocycles. The van der Waals surface area contributed by atoms with E-state index in [1.807, 2.05) is 24.3 Å². The van der Waals surface area contributed by atoms with Crippen molar-refractivity contribution in [3.8, 4) is 22.9 Å². The number of imide groups is 1. The lowest BCUT2D eigenvalue weighted by atomic mass is 10.0. The van der Waals surface area contributed by atoms with Gasteiger partial charge in [-0.3, -0.25) is 24.5 Å². The first-order valence-electron chi connectivity index (χ1n) is 9.01. The van der Waals surface area contributed by atoms with Gasteiger partial charge in [0, 0.05) is 12.8 Å². The number of hydrogen-bond donors (Lipinski definition) is 1. The molecular weight excluding hydrogens is 374 g/mol. The van der Waals surface area contributed by atoms with Crippen molar-refractivity contribution >= 4 is 18.2 Å². The summed E-state index contributed by atoms with van der Waals surface area (Å²) in [4.78, 5) is 35.5. The molecule has 8 nitrogen and oxygen atoms in total. The van der Waals surface area contributed by atoms with Gasteiger partial charge in [0.1, 0.15) is 18.4 Å². The molecule has 0 spiro atoms. The molecule has 1 fully saturated rings. The van der Waals surface area contributed by atoms with E-state index in [9.17, 15) is 19.6 Å². The minimum Gasteiger partial charge on any atom is -0.491 e. The van der Waals surface area contributed by atoms with Crippen molar-refractivity contribution in [2.75, 3.05) is 13.2 Å². The second kappa shape index (κ2) is 8.99. The molecule has 0 saturated carbocycles. The number of rotatable bonds is 8. The molecule has 1 saturated heterocycles. The summed E-state index contributed by atoms with van der Waals surface area (Å²) in [7, 11) is 0. The minimum atomic E-state index is -0.878. The van der Waals surface area contributed by atoms with Gasteiger partial charge in [0.15, 0.2) is 0 Å². The summed E-state index contributed by atoms with van der Waals surface area (Å²) in [5, 5.41) is 19.0. The van der Waals surface area contributed by atoms with E-state index in [-0.39, 0.29) is 44.2 Å². The lowest BCUT2D eigenvalue weighted by Gasteiger charge is -2.26. The SMILES string of the molecule is N#Cc1ccc(-c2ccc(OCC(CN3C(=O)CCC3=O)N(O)C=O)cc2)cc1. The van der Waals surface area contributed by atoms with Crippen molar-refractivity contribution in [2.45, 2.75) is 18.9 Å². The Balaban J connectivity index is 1.64. The van der Waals surface area contributed by atoms with Crippen molar-refractivity contribution in [2.24, 2.45) is 0 Å². The maximum atomic E-state index is 11.8. The van der Waals surface area contributed by atoms with Gasteiger partial charge >= 0.3 is 0 Å². The van der Waals surface area contributed by atoms with Crippen molar-refractivity contribution in [1.29, 1.82) is 5.26 Å². The Labute approximate surface area is 167 Å². The first kappa shape index (κ1) is 20.0. The third-order valence-corrected chi connectivity index (χ3v) is 4.67. The summed E-state index contributed by atoms with van der Waals surface area (Å²) in [5.74, 6) is -0.150. The van der Waals surface area contributed by atoms with Crippen LogP contribution >= 0.6 is 0 Å². The predicted molar refractivity (Wildman–Crippen MR) is 102 cm³/mol. The van der Waals surface area contributed by atoms with E-state index < -0.39 is 6.04 Å². The number of hydrogen-bond acceptors (Lipinski definition) is 6. The van der Waals surface area contributed by atoms with E-state index >= 15 is 0 Å². The fraction of sp³-hybridized carbons (Fsp3) is 0.238. The Hall–Kier alpha value is -3.70. The van der Waals surface area contributed by atoms with Gasteiger partial charge in [-0.2, -0.15) is 5.26 Å². The molecule has 0 radical (unpaired) electrons. The summed E-state index contributed by atoms with van der Waals surface area (Å²) in [6.45, 7) is -0.223. The molecule has 0 aromatic heterocycles. The van der Waals surface area contributed by atoms with Crippen LogP contribution in [0.25, 0.3) is 11.1 Å². The zero-order chi connectivity index (χ0) is 20.8. The number of hydroxylamine groups is 2. The highest BCUT2D eigenvalue weighted by Gasteiger charge is 2.32. The molecule has 1 N–H and O–H groups in total. The number of nitrogens with zero attached hydrogens (tertiary/aromatic N) is 3. The average Bonchev–Trinajstić information content (AvgIpc) is 3.08. The topological polar surface area (TPSA) is 111 Å². The zero-order valence-electron chi connectivity index (χ0n) is 15.5. The third kappa shape index (κ3) is 4.78. The van der Waals surface area contributed by atoms with E-state index in [1.165, 1.54) is 0 Å². The smallest absolute Gasteiger partial charge is 0.233 e. The molecule has 148 valence electrons. The summed E-state index contributed by atoms with van der Waals surface area (Å²) in [6.07, 6.45) is 0.485. The largest absolute Gasteiger partial charge is 0.491 e. The molecular formula is C21H19N3O5. The number of benzene rings is 2. The molecule has 1 unspecified atom stereocenters. The number of amides is 3. The molecule has 1 aliphatic heterocycles. The van der Waals surface area contributed by atoms with Gasteiger partial charge in [0.05, 0.1) is 18.2 Å². The molecule has 2 aromatic rings. The van der Waals surface area contributed by atoms with E-state index in [4.69, 9.17) is 10.00 Å². The first-order valence-corrected chi connectivity index (χ1v) is 9.01. The summed E-state index contributed by atoms with van der Waals surface area (Å²) < 4.78 is 5.65. The van der Waals surface area contributed by atoms with Crippen LogP contribution in [0.15, 0.2) is 48.5 Å². The van der Waals surface area contributed by atoms with Crippen LogP contribution in [0.4, 0.5) is 0 Å². The second-order valence-corrected chi connectivity index (χ2v) is 6.56. The van der Waals surface area contributed by atoms with Crippen LogP contribution in [0.2, 0.25) is 0 Å². The van der Waals surface area contributed by atoms with Crippen molar-refractivity contribution in [1.82, 2.24) is 9.96 Å². The predicted octanol–water partition coefficient (Wildman–Crippen LogP) is 1.97. The van der Waals surface area contributed by atoms with Gasteiger partial charge in [-0.15, -0.1) is 0 Å². The van der Waals surface area contributed by atoms with Crippen LogP contribution in [0.1, 0.15) is 18.4 Å². The Kier molecular flexibility index (Phi) is 6.22. The fourth-order valence-electron chi connectivity index (χ4n) is 3.01. The summed E-state index contributed by atoms with van der Waals surface area (Å²) >= 11 is 0. The molecule has 29 heavy (non-hydrogen) atoms. The Morgan fingerprint density at radius 2 is 1.62 bits per heavy atom. The molecule has 1 atom stereocenters. The summed E-state index contributed by atoms with van der Waals surface area (Å²) in [6, 6.07) is 15.5. The van der Waals surface area contributed by atoms with Gasteiger partial charge in [0.2, 0.25) is 18.2 Å². The highest BCUT2D eigenvalue weighted by molar-refractivity contribution is 6.01. The second-order valence-electron chi connectivity index (χ2n) is 6.56. The fourth-order valence-corrected chi connectivity index (χ4v) is 3.01. The molecule has 8 heteroatoms. The minimum absolute atomic E-state index is 0.0947. The standard InChI is InChI=1S/C21H19N3O5/c22-11-15-1-3-16(4-2-15)17-5-7-19(8-6-17)29-13-18(24(28)14-25)12-23-20(26)9-10-21(23)27/h1-8,14,18,28H,9-10,12-13H2. The van der Waals surface area contributed by atoms with Gasteiger partial charge < -0.3 is 4.74 Å². The molecule has 0 bridgehead atoms. The van der Waals surface area contributed by atoms with E-state index in [2.05, 4.69) is 6.07 Å². The number of ether oxygens (including phenoxy) is 1. The van der Waals surface area contributed by atoms with Crippen LogP contribution in [0.5, 0.6) is 5.75 Å². The van der Waals surface area contributed by atoms with Crippen molar-refractivity contribution in [3.05, 3.63) is 54.1 Å². The Morgan fingerprint density at radius 1 is 1.07 bits per heavy atom. The van der Waals surface area contributed by atoms with E-state index in [1.54, 1.807) is 24.3 Å². The van der Waals surface area contributed by atoms with Crippen LogP contribution in [-0.2, 0) is 14.4 Å². The van der Waals surface area contributed by atoms with Crippen LogP contribution in [0, 0.1) is 11.3 Å². The lowest BCUT2D eigenvalue weighted by Crippen LogP contribution is -2.47. The Bertz CT molecular complexity index is 918. The molecule has 0 aliphatic carbocycles. The normalized spacial score (nSPS) is 14.4. The van der Waals surface area contributed by atoms with Gasteiger partial charge in [0.25, 0.3) is 0 Å². The van der Waals surface area contributed by atoms with Crippen molar-refractivity contribution in [3.63, 3.8) is 0 Å². The number of nitriles is 1. The average molecular weight is 393 g/mol. The van der Waals surface area contributed by atoms with Crippen LogP contribution in [-0.4, -0.2) is 52.6 Å². The Morgan fingerprint density at radius 3 is 2.14 bits per heavy atom. The van der Waals surface area contributed by atoms with Crippen LogP contribution in [0.3, 0.4) is 0 Å². The highest BCUT2D eigenvalue weighted by Crippen LogP contribution is 2.23. The molecule has 1 aliphatic rings. The first-order chi connectivity index (χ1) is 14.0. The highest BCUT2D eigenvalue weighted by atomic mass is 16.5. The van der Waals surface area contributed by atoms with E-state index in [0.717, 1.165) is 16.0 Å². The van der Waals surface area contributed by atoms with E-state index in [0.29, 0.717) is 16.4 Å². The van der Waals surface area contributed by atoms with Gasteiger partial charge in [-0.05, 0) is 35.4 Å². The maximum absolute atomic E-state index is 11.8.